The fourth-order valence-corrected chi connectivity index (χ4v) is 1.47. The van der Waals surface area contributed by atoms with Gasteiger partial charge in [0.2, 0.25) is 5.82 Å². The van der Waals surface area contributed by atoms with Crippen molar-refractivity contribution >= 4 is 0 Å². The van der Waals surface area contributed by atoms with Gasteiger partial charge in [0.1, 0.15) is 0 Å². The molecule has 1 rings (SSSR count). The highest BCUT2D eigenvalue weighted by Gasteiger charge is 2.42. The lowest BCUT2D eigenvalue weighted by Gasteiger charge is -2.21. The third kappa shape index (κ3) is 2.66. The number of nitrogens with two attached hydrogens (primary N) is 1. The number of hydrogen-bond acceptors (Lipinski definition) is 2. The Bertz CT molecular complexity index is 404. The molecule has 0 saturated carbocycles. The highest BCUT2D eigenvalue weighted by molar-refractivity contribution is 5.39. The molecule has 7 heteroatoms. The molecule has 0 heterocycles. The van der Waals surface area contributed by atoms with E-state index in [2.05, 4.69) is 4.74 Å². The summed E-state index contributed by atoms with van der Waals surface area (Å²) in [5, 5.41) is 0. The number of alkyl halides is 3. The van der Waals surface area contributed by atoms with E-state index < -0.39 is 41.6 Å². The van der Waals surface area contributed by atoms with E-state index in [0.29, 0.717) is 6.07 Å². The molecule has 2 nitrogen and oxygen atoms in total. The predicted molar refractivity (Wildman–Crippen MR) is 50.8 cm³/mol. The van der Waals surface area contributed by atoms with Crippen LogP contribution in [0.3, 0.4) is 0 Å². The van der Waals surface area contributed by atoms with Crippen LogP contribution in [0.4, 0.5) is 22.0 Å². The van der Waals surface area contributed by atoms with Gasteiger partial charge in [-0.2, -0.15) is 17.6 Å². The van der Waals surface area contributed by atoms with Gasteiger partial charge in [0.15, 0.2) is 11.6 Å². The van der Waals surface area contributed by atoms with Gasteiger partial charge in [0, 0.05) is 12.1 Å². The molecule has 0 fully saturated rings. The lowest BCUT2D eigenvalue weighted by molar-refractivity contribution is -0.148. The van der Waals surface area contributed by atoms with Crippen LogP contribution in [0.15, 0.2) is 12.1 Å². The zero-order valence-corrected chi connectivity index (χ0v) is 8.81. The van der Waals surface area contributed by atoms with Crippen molar-refractivity contribution in [3.63, 3.8) is 0 Å². The van der Waals surface area contributed by atoms with Crippen LogP contribution in [-0.2, 0) is 0 Å². The van der Waals surface area contributed by atoms with E-state index in [1.807, 2.05) is 0 Å². The van der Waals surface area contributed by atoms with Gasteiger partial charge in [-0.3, -0.25) is 0 Å². The molecule has 0 spiro atoms. The van der Waals surface area contributed by atoms with E-state index in [9.17, 15) is 22.0 Å². The van der Waals surface area contributed by atoms with Crippen molar-refractivity contribution in [1.29, 1.82) is 0 Å². The van der Waals surface area contributed by atoms with Crippen molar-refractivity contribution in [3.05, 3.63) is 29.3 Å². The zero-order chi connectivity index (χ0) is 13.2. The van der Waals surface area contributed by atoms with E-state index in [4.69, 9.17) is 5.73 Å². The Balaban J connectivity index is 3.35. The second-order valence-electron chi connectivity index (χ2n) is 3.31. The molecule has 1 aromatic carbocycles. The number of halogens is 5. The Morgan fingerprint density at radius 2 is 1.88 bits per heavy atom. The molecule has 2 N–H and O–H groups in total. The first-order valence-corrected chi connectivity index (χ1v) is 4.61. The van der Waals surface area contributed by atoms with Crippen LogP contribution in [0.1, 0.15) is 11.5 Å². The molecule has 1 atom stereocenters. The topological polar surface area (TPSA) is 35.2 Å². The number of hydrogen-bond donors (Lipinski definition) is 1. The standard InChI is InChI=1S/C10H10F5NO/c1-17-9-5(2-3-7(11)8(9)12)6(4-16)10(13,14)15/h2-3,6H,4,16H2,1H3. The Hall–Kier alpha value is -1.37. The van der Waals surface area contributed by atoms with Gasteiger partial charge in [0.25, 0.3) is 0 Å². The Morgan fingerprint density at radius 3 is 2.29 bits per heavy atom. The van der Waals surface area contributed by atoms with Crippen molar-refractivity contribution in [2.24, 2.45) is 5.73 Å². The SMILES string of the molecule is COc1c(C(CN)C(F)(F)F)ccc(F)c1F. The van der Waals surface area contributed by atoms with Crippen LogP contribution >= 0.6 is 0 Å². The molecule has 0 aliphatic heterocycles. The number of ether oxygens (including phenoxy) is 1. The smallest absolute Gasteiger partial charge is 0.397 e. The third-order valence-corrected chi connectivity index (χ3v) is 2.29. The minimum atomic E-state index is -4.65. The summed E-state index contributed by atoms with van der Waals surface area (Å²) in [6, 6.07) is 1.43. The fraction of sp³-hybridized carbons (Fsp3) is 0.400. The second-order valence-corrected chi connectivity index (χ2v) is 3.31. The van der Waals surface area contributed by atoms with Crippen molar-refractivity contribution in [2.45, 2.75) is 12.1 Å². The first-order valence-electron chi connectivity index (χ1n) is 4.61. The van der Waals surface area contributed by atoms with E-state index in [-0.39, 0.29) is 0 Å². The minimum absolute atomic E-state index is 0.513. The fourth-order valence-electron chi connectivity index (χ4n) is 1.47. The zero-order valence-electron chi connectivity index (χ0n) is 8.81. The largest absolute Gasteiger partial charge is 0.493 e. The molecule has 1 unspecified atom stereocenters. The number of rotatable bonds is 3. The molecule has 1 aromatic rings. The maximum atomic E-state index is 13.2. The Morgan fingerprint density at radius 1 is 1.29 bits per heavy atom. The van der Waals surface area contributed by atoms with E-state index in [0.717, 1.165) is 13.2 Å². The van der Waals surface area contributed by atoms with Gasteiger partial charge >= 0.3 is 6.18 Å². The monoisotopic (exact) mass is 255 g/mol. The summed E-state index contributed by atoms with van der Waals surface area (Å²) >= 11 is 0. The molecular formula is C10H10F5NO. The van der Waals surface area contributed by atoms with Gasteiger partial charge in [-0.15, -0.1) is 0 Å². The molecule has 0 amide bonds. The van der Waals surface area contributed by atoms with Crippen LogP contribution in [-0.4, -0.2) is 19.8 Å². The van der Waals surface area contributed by atoms with Gasteiger partial charge in [-0.1, -0.05) is 6.07 Å². The molecule has 0 aliphatic rings. The summed E-state index contributed by atoms with van der Waals surface area (Å²) < 4.78 is 68.4. The Kier molecular flexibility index (Phi) is 3.92. The number of benzene rings is 1. The van der Waals surface area contributed by atoms with Gasteiger partial charge in [0.05, 0.1) is 13.0 Å². The molecular weight excluding hydrogens is 245 g/mol. The maximum Gasteiger partial charge on any atom is 0.397 e. The maximum absolute atomic E-state index is 13.2. The molecule has 17 heavy (non-hydrogen) atoms. The van der Waals surface area contributed by atoms with Crippen molar-refractivity contribution in [3.8, 4) is 5.75 Å². The van der Waals surface area contributed by atoms with Gasteiger partial charge in [-0.05, 0) is 6.07 Å². The van der Waals surface area contributed by atoms with E-state index in [1.165, 1.54) is 0 Å². The van der Waals surface area contributed by atoms with E-state index >= 15 is 0 Å². The highest BCUT2D eigenvalue weighted by Crippen LogP contribution is 2.39. The van der Waals surface area contributed by atoms with Crippen LogP contribution in [0.25, 0.3) is 0 Å². The van der Waals surface area contributed by atoms with Crippen LogP contribution < -0.4 is 10.5 Å². The summed E-state index contributed by atoms with van der Waals surface area (Å²) in [5.41, 5.74) is 4.50. The highest BCUT2D eigenvalue weighted by atomic mass is 19.4. The molecule has 0 bridgehead atoms. The van der Waals surface area contributed by atoms with Gasteiger partial charge in [-0.25, -0.2) is 4.39 Å². The minimum Gasteiger partial charge on any atom is -0.493 e. The van der Waals surface area contributed by atoms with Crippen molar-refractivity contribution < 1.29 is 26.7 Å². The van der Waals surface area contributed by atoms with Crippen LogP contribution in [0.2, 0.25) is 0 Å². The quantitative estimate of drug-likeness (QED) is 0.842. The lowest BCUT2D eigenvalue weighted by atomic mass is 9.97. The lowest BCUT2D eigenvalue weighted by Crippen LogP contribution is -2.28. The molecule has 0 saturated heterocycles. The molecule has 0 aromatic heterocycles. The first-order chi connectivity index (χ1) is 7.82. The predicted octanol–water partition coefficient (Wildman–Crippen LogP) is 2.58. The summed E-state index contributed by atoms with van der Waals surface area (Å²) in [6.07, 6.45) is -4.65. The van der Waals surface area contributed by atoms with E-state index in [1.54, 1.807) is 0 Å². The molecule has 96 valence electrons. The summed E-state index contributed by atoms with van der Waals surface area (Å²) in [4.78, 5) is 0. The summed E-state index contributed by atoms with van der Waals surface area (Å²) in [7, 11) is 0.964. The Labute approximate surface area is 94.2 Å². The summed E-state index contributed by atoms with van der Waals surface area (Å²) in [5.74, 6) is -5.58. The van der Waals surface area contributed by atoms with Crippen molar-refractivity contribution in [2.75, 3.05) is 13.7 Å². The van der Waals surface area contributed by atoms with Gasteiger partial charge < -0.3 is 10.5 Å². The molecule has 0 radical (unpaired) electrons. The third-order valence-electron chi connectivity index (χ3n) is 2.29. The normalized spacial score (nSPS) is 13.6. The second kappa shape index (κ2) is 4.87. The summed E-state index contributed by atoms with van der Waals surface area (Å²) in [6.45, 7) is -0.773. The molecule has 0 aliphatic carbocycles. The van der Waals surface area contributed by atoms with Crippen molar-refractivity contribution in [1.82, 2.24) is 0 Å². The average Bonchev–Trinajstić information content (AvgIpc) is 2.22. The van der Waals surface area contributed by atoms with Crippen LogP contribution in [0, 0.1) is 11.6 Å². The number of methoxy groups -OCH3 is 1. The van der Waals surface area contributed by atoms with Crippen LogP contribution in [0.5, 0.6) is 5.75 Å². The first kappa shape index (κ1) is 13.7. The average molecular weight is 255 g/mol.